The third-order valence-electron chi connectivity index (χ3n) is 5.30. The van der Waals surface area contributed by atoms with Crippen LogP contribution in [-0.2, 0) is 9.53 Å². The molecule has 0 heterocycles. The average molecular weight is 238 g/mol. The molecule has 0 aliphatic heterocycles. The number of fused-ring (bicyclic) bond motifs is 3. The summed E-state index contributed by atoms with van der Waals surface area (Å²) in [5.41, 5.74) is 0.0999. The van der Waals surface area contributed by atoms with E-state index in [1.54, 1.807) is 0 Å². The molecule has 0 unspecified atom stereocenters. The van der Waals surface area contributed by atoms with Gasteiger partial charge in [-0.25, -0.2) is 0 Å². The number of ether oxygens (including phenoxy) is 1. The van der Waals surface area contributed by atoms with Gasteiger partial charge < -0.3 is 4.74 Å². The van der Waals surface area contributed by atoms with Gasteiger partial charge in [-0.2, -0.15) is 0 Å². The summed E-state index contributed by atoms with van der Waals surface area (Å²) in [7, 11) is 0. The van der Waals surface area contributed by atoms with Crippen molar-refractivity contribution in [3.63, 3.8) is 0 Å². The van der Waals surface area contributed by atoms with Gasteiger partial charge in [-0.1, -0.05) is 13.8 Å². The van der Waals surface area contributed by atoms with E-state index >= 15 is 0 Å². The summed E-state index contributed by atoms with van der Waals surface area (Å²) in [6.07, 6.45) is 7.77. The molecule has 98 valence electrons. The zero-order valence-electron chi connectivity index (χ0n) is 11.8. The topological polar surface area (TPSA) is 26.3 Å². The number of carbonyl (C=O) groups is 1. The van der Waals surface area contributed by atoms with Crippen molar-refractivity contribution in [3.8, 4) is 0 Å². The maximum atomic E-state index is 12.2. The molecule has 0 saturated heterocycles. The van der Waals surface area contributed by atoms with Gasteiger partial charge in [0, 0.05) is 0 Å². The van der Waals surface area contributed by atoms with Gasteiger partial charge in [-0.15, -0.1) is 0 Å². The van der Waals surface area contributed by atoms with Crippen LogP contribution in [0.2, 0.25) is 0 Å². The largest absolute Gasteiger partial charge is 0.459 e. The highest BCUT2D eigenvalue weighted by Crippen LogP contribution is 2.54. The van der Waals surface area contributed by atoms with Crippen LogP contribution in [-0.4, -0.2) is 11.6 Å². The van der Waals surface area contributed by atoms with Gasteiger partial charge in [0.15, 0.2) is 0 Å². The van der Waals surface area contributed by atoms with Crippen LogP contribution in [0.3, 0.4) is 0 Å². The van der Waals surface area contributed by atoms with Crippen molar-refractivity contribution < 1.29 is 9.53 Å². The number of carbonyl (C=O) groups excluding carboxylic acids is 1. The van der Waals surface area contributed by atoms with Gasteiger partial charge in [-0.3, -0.25) is 4.79 Å². The SMILES string of the molecule is CCC(C)(C)C(=O)OC12CCC(C)(CC1)CC2. The average Bonchev–Trinajstić information content (AvgIpc) is 2.31. The Morgan fingerprint density at radius 1 is 1.12 bits per heavy atom. The lowest BCUT2D eigenvalue weighted by atomic mass is 9.59. The first kappa shape index (κ1) is 12.9. The second-order valence-corrected chi connectivity index (χ2v) is 7.12. The molecule has 2 nitrogen and oxygen atoms in total. The zero-order valence-corrected chi connectivity index (χ0v) is 11.8. The van der Waals surface area contributed by atoms with Crippen LogP contribution < -0.4 is 0 Å². The fraction of sp³-hybridized carbons (Fsp3) is 0.933. The summed E-state index contributed by atoms with van der Waals surface area (Å²) in [5, 5.41) is 0. The predicted octanol–water partition coefficient (Wildman–Crippen LogP) is 4.08. The minimum Gasteiger partial charge on any atom is -0.459 e. The van der Waals surface area contributed by atoms with E-state index in [4.69, 9.17) is 4.74 Å². The maximum Gasteiger partial charge on any atom is 0.312 e. The van der Waals surface area contributed by atoms with Crippen LogP contribution in [0.5, 0.6) is 0 Å². The highest BCUT2D eigenvalue weighted by molar-refractivity contribution is 5.76. The van der Waals surface area contributed by atoms with Gasteiger partial charge in [0.2, 0.25) is 0 Å². The second-order valence-electron chi connectivity index (χ2n) is 7.12. The molecular weight excluding hydrogens is 212 g/mol. The highest BCUT2D eigenvalue weighted by Gasteiger charge is 2.49. The molecule has 2 bridgehead atoms. The Bertz CT molecular complexity index is 292. The molecule has 0 amide bonds. The van der Waals surface area contributed by atoms with E-state index in [9.17, 15) is 4.79 Å². The Kier molecular flexibility index (Phi) is 3.04. The van der Waals surface area contributed by atoms with Crippen molar-refractivity contribution >= 4 is 5.97 Å². The number of rotatable bonds is 3. The Hall–Kier alpha value is -0.530. The first-order chi connectivity index (χ1) is 7.81. The Balaban J connectivity index is 2.02. The summed E-state index contributed by atoms with van der Waals surface area (Å²) in [5.74, 6) is 0.00510. The lowest BCUT2D eigenvalue weighted by Crippen LogP contribution is -2.49. The first-order valence-electron chi connectivity index (χ1n) is 7.04. The molecule has 0 spiro atoms. The fourth-order valence-corrected chi connectivity index (χ4v) is 2.97. The molecule has 2 heteroatoms. The van der Waals surface area contributed by atoms with Crippen LogP contribution in [0.25, 0.3) is 0 Å². The van der Waals surface area contributed by atoms with Crippen molar-refractivity contribution in [2.45, 2.75) is 78.2 Å². The smallest absolute Gasteiger partial charge is 0.312 e. The van der Waals surface area contributed by atoms with Crippen LogP contribution in [0.4, 0.5) is 0 Å². The quantitative estimate of drug-likeness (QED) is 0.692. The third kappa shape index (κ3) is 2.36. The fourth-order valence-electron chi connectivity index (χ4n) is 2.97. The van der Waals surface area contributed by atoms with E-state index in [2.05, 4.69) is 13.8 Å². The number of esters is 1. The Morgan fingerprint density at radius 3 is 2.00 bits per heavy atom. The van der Waals surface area contributed by atoms with Crippen LogP contribution in [0.15, 0.2) is 0 Å². The van der Waals surface area contributed by atoms with Gasteiger partial charge >= 0.3 is 5.97 Å². The summed E-state index contributed by atoms with van der Waals surface area (Å²) >= 11 is 0. The number of hydrogen-bond acceptors (Lipinski definition) is 2. The van der Waals surface area contributed by atoms with Crippen molar-refractivity contribution in [1.29, 1.82) is 0 Å². The molecule has 0 aromatic rings. The molecule has 3 aliphatic carbocycles. The molecule has 3 fully saturated rings. The maximum absolute atomic E-state index is 12.2. The monoisotopic (exact) mass is 238 g/mol. The Morgan fingerprint density at radius 2 is 1.59 bits per heavy atom. The van der Waals surface area contributed by atoms with Crippen LogP contribution in [0, 0.1) is 10.8 Å². The minimum atomic E-state index is -0.326. The van der Waals surface area contributed by atoms with Gasteiger partial charge in [0.05, 0.1) is 5.41 Å². The van der Waals surface area contributed by atoms with Crippen molar-refractivity contribution in [3.05, 3.63) is 0 Å². The molecule has 3 aliphatic rings. The number of hydrogen-bond donors (Lipinski definition) is 0. The van der Waals surface area contributed by atoms with E-state index in [0.29, 0.717) is 5.41 Å². The van der Waals surface area contributed by atoms with E-state index in [0.717, 1.165) is 25.7 Å². The summed E-state index contributed by atoms with van der Waals surface area (Å²) < 4.78 is 5.93. The molecular formula is C15H26O2. The third-order valence-corrected chi connectivity index (χ3v) is 5.30. The molecule has 0 radical (unpaired) electrons. The minimum absolute atomic E-state index is 0.00510. The zero-order chi connectivity index (χ0) is 12.7. The molecule has 0 atom stereocenters. The van der Waals surface area contributed by atoms with E-state index in [-0.39, 0.29) is 17.0 Å². The Labute approximate surface area is 105 Å². The summed E-state index contributed by atoms with van der Waals surface area (Å²) in [6, 6.07) is 0. The molecule has 17 heavy (non-hydrogen) atoms. The molecule has 0 aromatic heterocycles. The lowest BCUT2D eigenvalue weighted by molar-refractivity contribution is -0.186. The lowest BCUT2D eigenvalue weighted by Gasteiger charge is -2.51. The van der Waals surface area contributed by atoms with E-state index in [1.807, 2.05) is 13.8 Å². The summed E-state index contributed by atoms with van der Waals surface area (Å²) in [4.78, 5) is 12.2. The van der Waals surface area contributed by atoms with Gasteiger partial charge in [-0.05, 0) is 64.2 Å². The van der Waals surface area contributed by atoms with Crippen molar-refractivity contribution in [2.24, 2.45) is 10.8 Å². The van der Waals surface area contributed by atoms with E-state index < -0.39 is 0 Å². The van der Waals surface area contributed by atoms with Gasteiger partial charge in [0.1, 0.15) is 5.60 Å². The molecule has 3 saturated carbocycles. The predicted molar refractivity (Wildman–Crippen MR) is 68.7 cm³/mol. The van der Waals surface area contributed by atoms with Crippen LogP contribution in [0.1, 0.15) is 72.6 Å². The first-order valence-corrected chi connectivity index (χ1v) is 7.04. The van der Waals surface area contributed by atoms with E-state index in [1.165, 1.54) is 19.3 Å². The second kappa shape index (κ2) is 4.00. The highest BCUT2D eigenvalue weighted by atomic mass is 16.6. The van der Waals surface area contributed by atoms with Crippen molar-refractivity contribution in [2.75, 3.05) is 0 Å². The molecule has 3 rings (SSSR count). The van der Waals surface area contributed by atoms with Gasteiger partial charge in [0.25, 0.3) is 0 Å². The van der Waals surface area contributed by atoms with Crippen molar-refractivity contribution in [1.82, 2.24) is 0 Å². The summed E-state index contributed by atoms with van der Waals surface area (Å²) in [6.45, 7) is 8.41. The normalized spacial score (nSPS) is 36.9. The molecule has 0 N–H and O–H groups in total. The standard InChI is InChI=1S/C15H26O2/c1-5-13(2,3)12(16)17-15-9-6-14(4,7-10-15)8-11-15/h5-11H2,1-4H3. The molecule has 0 aromatic carbocycles. The van der Waals surface area contributed by atoms with Crippen LogP contribution >= 0.6 is 0 Å².